The standard InChI is InChI=1S/C15H9Cl2NO3/c1-8-18-13-7-12(2-3-14(13)20-8)21-15(19)9-4-10(16)6-11(17)5-9/h2-7H,1H3. The first kappa shape index (κ1) is 13.9. The Hall–Kier alpha value is -2.04. The van der Waals surface area contributed by atoms with E-state index in [0.29, 0.717) is 32.8 Å². The van der Waals surface area contributed by atoms with Crippen molar-refractivity contribution in [2.24, 2.45) is 0 Å². The molecule has 0 radical (unpaired) electrons. The summed E-state index contributed by atoms with van der Waals surface area (Å²) in [5, 5.41) is 0.744. The second-order valence-electron chi connectivity index (χ2n) is 4.41. The van der Waals surface area contributed by atoms with E-state index >= 15 is 0 Å². The third-order valence-electron chi connectivity index (χ3n) is 2.77. The third-order valence-corrected chi connectivity index (χ3v) is 3.21. The number of oxazole rings is 1. The number of rotatable bonds is 2. The summed E-state index contributed by atoms with van der Waals surface area (Å²) in [5.74, 6) is 0.381. The Morgan fingerprint density at radius 1 is 1.14 bits per heavy atom. The van der Waals surface area contributed by atoms with Gasteiger partial charge in [0, 0.05) is 23.0 Å². The number of hydrogen-bond donors (Lipinski definition) is 0. The van der Waals surface area contributed by atoms with Crippen molar-refractivity contribution in [1.82, 2.24) is 4.98 Å². The van der Waals surface area contributed by atoms with Crippen LogP contribution in [0.25, 0.3) is 11.1 Å². The van der Waals surface area contributed by atoms with Crippen LogP contribution in [0.4, 0.5) is 0 Å². The molecule has 106 valence electrons. The van der Waals surface area contributed by atoms with Crippen LogP contribution in [0.3, 0.4) is 0 Å². The minimum atomic E-state index is -0.543. The number of ether oxygens (including phenoxy) is 1. The Balaban J connectivity index is 1.88. The predicted molar refractivity (Wildman–Crippen MR) is 80.2 cm³/mol. The molecule has 0 unspecified atom stereocenters. The van der Waals surface area contributed by atoms with Crippen LogP contribution in [0.5, 0.6) is 5.75 Å². The number of halogens is 2. The molecule has 6 heteroatoms. The van der Waals surface area contributed by atoms with E-state index in [4.69, 9.17) is 32.4 Å². The largest absolute Gasteiger partial charge is 0.441 e. The SMILES string of the molecule is Cc1nc2cc(OC(=O)c3cc(Cl)cc(Cl)c3)ccc2o1. The molecule has 1 heterocycles. The van der Waals surface area contributed by atoms with Gasteiger partial charge in [-0.3, -0.25) is 0 Å². The van der Waals surface area contributed by atoms with E-state index in [9.17, 15) is 4.79 Å². The summed E-state index contributed by atoms with van der Waals surface area (Å²) in [5.41, 5.74) is 1.55. The van der Waals surface area contributed by atoms with Crippen LogP contribution < -0.4 is 4.74 Å². The normalized spacial score (nSPS) is 10.8. The zero-order chi connectivity index (χ0) is 15.0. The maximum Gasteiger partial charge on any atom is 0.343 e. The zero-order valence-corrected chi connectivity index (χ0v) is 12.4. The maximum absolute atomic E-state index is 12.1. The topological polar surface area (TPSA) is 52.3 Å². The van der Waals surface area contributed by atoms with Crippen LogP contribution in [0, 0.1) is 6.92 Å². The Labute approximate surface area is 130 Å². The van der Waals surface area contributed by atoms with Gasteiger partial charge in [-0.1, -0.05) is 23.2 Å². The summed E-state index contributed by atoms with van der Waals surface area (Å²) in [6, 6.07) is 9.50. The van der Waals surface area contributed by atoms with E-state index in [1.165, 1.54) is 12.1 Å². The number of aryl methyl sites for hydroxylation is 1. The molecule has 0 amide bonds. The first-order chi connectivity index (χ1) is 10.0. The van der Waals surface area contributed by atoms with Crippen molar-refractivity contribution < 1.29 is 13.9 Å². The van der Waals surface area contributed by atoms with E-state index in [0.717, 1.165) is 0 Å². The van der Waals surface area contributed by atoms with Gasteiger partial charge in [0.05, 0.1) is 5.56 Å². The van der Waals surface area contributed by atoms with Gasteiger partial charge in [0.15, 0.2) is 11.5 Å². The van der Waals surface area contributed by atoms with Crippen LogP contribution in [0.2, 0.25) is 10.0 Å². The van der Waals surface area contributed by atoms with Gasteiger partial charge in [-0.05, 0) is 30.3 Å². The summed E-state index contributed by atoms with van der Waals surface area (Å²) >= 11 is 11.7. The lowest BCUT2D eigenvalue weighted by Crippen LogP contribution is -2.08. The average molecular weight is 322 g/mol. The molecule has 0 aliphatic heterocycles. The molecule has 2 aromatic carbocycles. The monoisotopic (exact) mass is 321 g/mol. The molecule has 21 heavy (non-hydrogen) atoms. The van der Waals surface area contributed by atoms with Gasteiger partial charge in [-0.15, -0.1) is 0 Å². The van der Waals surface area contributed by atoms with Crippen LogP contribution in [-0.4, -0.2) is 11.0 Å². The Bertz CT molecular complexity index is 822. The quantitative estimate of drug-likeness (QED) is 0.508. The molecule has 4 nitrogen and oxygen atoms in total. The molecule has 0 aliphatic rings. The van der Waals surface area contributed by atoms with Gasteiger partial charge in [-0.2, -0.15) is 0 Å². The summed E-state index contributed by atoms with van der Waals surface area (Å²) < 4.78 is 10.6. The van der Waals surface area contributed by atoms with Crippen LogP contribution >= 0.6 is 23.2 Å². The van der Waals surface area contributed by atoms with Crippen molar-refractivity contribution in [3.05, 3.63) is 57.9 Å². The number of esters is 1. The minimum absolute atomic E-state index is 0.281. The Kier molecular flexibility index (Phi) is 3.57. The second kappa shape index (κ2) is 5.39. The lowest BCUT2D eigenvalue weighted by molar-refractivity contribution is 0.0735. The number of fused-ring (bicyclic) bond motifs is 1. The molecule has 0 spiro atoms. The fourth-order valence-electron chi connectivity index (χ4n) is 1.92. The van der Waals surface area contributed by atoms with Gasteiger partial charge in [0.25, 0.3) is 0 Å². The Morgan fingerprint density at radius 2 is 1.86 bits per heavy atom. The number of carbonyl (C=O) groups is 1. The molecule has 3 rings (SSSR count). The van der Waals surface area contributed by atoms with Crippen molar-refractivity contribution in [2.45, 2.75) is 6.92 Å². The summed E-state index contributed by atoms with van der Waals surface area (Å²) in [4.78, 5) is 16.3. The van der Waals surface area contributed by atoms with Gasteiger partial charge >= 0.3 is 5.97 Å². The molecule has 1 aromatic heterocycles. The number of hydrogen-bond acceptors (Lipinski definition) is 4. The highest BCUT2D eigenvalue weighted by molar-refractivity contribution is 6.35. The predicted octanol–water partition coefficient (Wildman–Crippen LogP) is 4.66. The van der Waals surface area contributed by atoms with Gasteiger partial charge in [0.2, 0.25) is 0 Å². The number of benzene rings is 2. The van der Waals surface area contributed by atoms with Crippen molar-refractivity contribution in [1.29, 1.82) is 0 Å². The number of nitrogens with zero attached hydrogens (tertiary/aromatic N) is 1. The Morgan fingerprint density at radius 3 is 2.57 bits per heavy atom. The molecule has 3 aromatic rings. The summed E-state index contributed by atoms with van der Waals surface area (Å²) in [6.45, 7) is 1.75. The van der Waals surface area contributed by atoms with Crippen LogP contribution in [0.1, 0.15) is 16.2 Å². The first-order valence-electron chi connectivity index (χ1n) is 6.07. The fraction of sp³-hybridized carbons (Fsp3) is 0.0667. The van der Waals surface area contributed by atoms with Crippen LogP contribution in [0.15, 0.2) is 40.8 Å². The van der Waals surface area contributed by atoms with E-state index in [-0.39, 0.29) is 5.56 Å². The molecule has 0 atom stereocenters. The van der Waals surface area contributed by atoms with Crippen molar-refractivity contribution in [2.75, 3.05) is 0 Å². The van der Waals surface area contributed by atoms with Gasteiger partial charge < -0.3 is 9.15 Å². The highest BCUT2D eigenvalue weighted by Gasteiger charge is 2.12. The lowest BCUT2D eigenvalue weighted by atomic mass is 10.2. The molecule has 0 saturated heterocycles. The first-order valence-corrected chi connectivity index (χ1v) is 6.82. The van der Waals surface area contributed by atoms with E-state index < -0.39 is 5.97 Å². The van der Waals surface area contributed by atoms with Gasteiger partial charge in [-0.25, -0.2) is 9.78 Å². The van der Waals surface area contributed by atoms with Crippen molar-refractivity contribution in [3.63, 3.8) is 0 Å². The van der Waals surface area contributed by atoms with E-state index in [1.807, 2.05) is 0 Å². The van der Waals surface area contributed by atoms with Gasteiger partial charge in [0.1, 0.15) is 11.3 Å². The molecular formula is C15H9Cl2NO3. The molecule has 0 bridgehead atoms. The molecular weight excluding hydrogens is 313 g/mol. The second-order valence-corrected chi connectivity index (χ2v) is 5.28. The van der Waals surface area contributed by atoms with Crippen molar-refractivity contribution in [3.8, 4) is 5.75 Å². The molecule has 0 N–H and O–H groups in total. The number of aromatic nitrogens is 1. The maximum atomic E-state index is 12.1. The smallest absolute Gasteiger partial charge is 0.343 e. The molecule has 0 fully saturated rings. The lowest BCUT2D eigenvalue weighted by Gasteiger charge is -2.05. The average Bonchev–Trinajstić information content (AvgIpc) is 2.77. The molecule has 0 aliphatic carbocycles. The third kappa shape index (κ3) is 3.01. The van der Waals surface area contributed by atoms with Crippen LogP contribution in [-0.2, 0) is 0 Å². The van der Waals surface area contributed by atoms with E-state index in [2.05, 4.69) is 4.98 Å². The number of carbonyl (C=O) groups excluding carboxylic acids is 1. The zero-order valence-electron chi connectivity index (χ0n) is 10.9. The highest BCUT2D eigenvalue weighted by Crippen LogP contribution is 2.24. The highest BCUT2D eigenvalue weighted by atomic mass is 35.5. The summed E-state index contributed by atoms with van der Waals surface area (Å²) in [7, 11) is 0. The minimum Gasteiger partial charge on any atom is -0.441 e. The summed E-state index contributed by atoms with van der Waals surface area (Å²) in [6.07, 6.45) is 0. The molecule has 0 saturated carbocycles. The fourth-order valence-corrected chi connectivity index (χ4v) is 2.45. The van der Waals surface area contributed by atoms with Crippen molar-refractivity contribution >= 4 is 40.3 Å². The van der Waals surface area contributed by atoms with E-state index in [1.54, 1.807) is 31.2 Å².